The molecule has 0 saturated heterocycles. The Morgan fingerprint density at radius 1 is 1.36 bits per heavy atom. The van der Waals surface area contributed by atoms with Crippen LogP contribution in [0.25, 0.3) is 0 Å². The molecule has 0 aliphatic carbocycles. The quantitative estimate of drug-likeness (QED) is 0.248. The molecule has 1 aromatic rings. The molecule has 1 aromatic carbocycles. The van der Waals surface area contributed by atoms with Gasteiger partial charge in [0.05, 0.1) is 0 Å². The van der Waals surface area contributed by atoms with Crippen molar-refractivity contribution in [2.75, 3.05) is 0 Å². The maximum atomic E-state index is 12.8. The van der Waals surface area contributed by atoms with E-state index >= 15 is 0 Å². The van der Waals surface area contributed by atoms with E-state index < -0.39 is 11.7 Å². The van der Waals surface area contributed by atoms with E-state index in [0.717, 1.165) is 0 Å². The summed E-state index contributed by atoms with van der Waals surface area (Å²) in [6, 6.07) is 5.64. The van der Waals surface area contributed by atoms with Crippen molar-refractivity contribution in [2.24, 2.45) is 10.1 Å². The molecule has 1 rings (SSSR count). The highest BCUT2D eigenvalue weighted by Gasteiger charge is 2.17. The standard InChI is InChI=1S/C15H18FN3O3/c1-3-12(19-22)14(20)13(17-4-2)15(21)18-9-10-5-7-11(16)8-6-10/h4-8,20,22H,3,9H2,1-2H3,(H,18,21)/b14-13+,17-4?,19-12-. The summed E-state index contributed by atoms with van der Waals surface area (Å²) < 4.78 is 12.8. The number of halogens is 1. The van der Waals surface area contributed by atoms with Crippen molar-refractivity contribution in [1.29, 1.82) is 0 Å². The van der Waals surface area contributed by atoms with E-state index in [1.807, 2.05) is 0 Å². The van der Waals surface area contributed by atoms with Crippen LogP contribution in [0.2, 0.25) is 0 Å². The highest BCUT2D eigenvalue weighted by Crippen LogP contribution is 2.09. The monoisotopic (exact) mass is 307 g/mol. The smallest absolute Gasteiger partial charge is 0.274 e. The Balaban J connectivity index is 2.90. The summed E-state index contributed by atoms with van der Waals surface area (Å²) >= 11 is 0. The second-order valence-electron chi connectivity index (χ2n) is 4.29. The summed E-state index contributed by atoms with van der Waals surface area (Å²) in [5, 5.41) is 24.3. The molecular weight excluding hydrogens is 289 g/mol. The average Bonchev–Trinajstić information content (AvgIpc) is 2.52. The Kier molecular flexibility index (Phi) is 6.75. The van der Waals surface area contributed by atoms with E-state index in [1.54, 1.807) is 13.8 Å². The van der Waals surface area contributed by atoms with Crippen LogP contribution in [-0.4, -0.2) is 28.1 Å². The molecule has 1 amide bonds. The van der Waals surface area contributed by atoms with Crippen LogP contribution in [0.5, 0.6) is 0 Å². The number of hydrogen-bond donors (Lipinski definition) is 3. The van der Waals surface area contributed by atoms with Gasteiger partial charge in [0.15, 0.2) is 11.5 Å². The number of oxime groups is 1. The predicted molar refractivity (Wildman–Crippen MR) is 81.6 cm³/mol. The number of hydrogen-bond acceptors (Lipinski definition) is 5. The molecule has 0 radical (unpaired) electrons. The normalized spacial score (nSPS) is 13.1. The lowest BCUT2D eigenvalue weighted by Crippen LogP contribution is -2.26. The third-order valence-electron chi connectivity index (χ3n) is 2.79. The van der Waals surface area contributed by atoms with Gasteiger partial charge in [-0.05, 0) is 31.0 Å². The third-order valence-corrected chi connectivity index (χ3v) is 2.79. The predicted octanol–water partition coefficient (Wildman–Crippen LogP) is 2.54. The van der Waals surface area contributed by atoms with E-state index in [1.165, 1.54) is 30.5 Å². The van der Waals surface area contributed by atoms with Gasteiger partial charge in [-0.3, -0.25) is 9.79 Å². The van der Waals surface area contributed by atoms with Gasteiger partial charge in [-0.1, -0.05) is 24.2 Å². The fraction of sp³-hybridized carbons (Fsp3) is 0.267. The lowest BCUT2D eigenvalue weighted by Gasteiger charge is -2.08. The van der Waals surface area contributed by atoms with Gasteiger partial charge in [-0.25, -0.2) is 4.39 Å². The first-order valence-corrected chi connectivity index (χ1v) is 6.69. The Morgan fingerprint density at radius 2 is 2.00 bits per heavy atom. The van der Waals surface area contributed by atoms with Crippen LogP contribution in [0.4, 0.5) is 4.39 Å². The molecule has 0 bridgehead atoms. The molecule has 0 heterocycles. The van der Waals surface area contributed by atoms with Gasteiger partial charge in [0, 0.05) is 12.8 Å². The SMILES string of the molecule is CC=N/C(C(=O)NCc1ccc(F)cc1)=C(O)\C(CC)=N/O. The number of aliphatic hydroxyl groups is 1. The first kappa shape index (κ1) is 17.4. The Morgan fingerprint density at radius 3 is 2.50 bits per heavy atom. The van der Waals surface area contributed by atoms with Gasteiger partial charge in [-0.2, -0.15) is 0 Å². The second-order valence-corrected chi connectivity index (χ2v) is 4.29. The number of benzene rings is 1. The van der Waals surface area contributed by atoms with Crippen molar-refractivity contribution >= 4 is 17.8 Å². The van der Waals surface area contributed by atoms with E-state index in [9.17, 15) is 14.3 Å². The van der Waals surface area contributed by atoms with Crippen molar-refractivity contribution in [1.82, 2.24) is 5.32 Å². The van der Waals surface area contributed by atoms with Crippen LogP contribution in [0.3, 0.4) is 0 Å². The van der Waals surface area contributed by atoms with Crippen LogP contribution in [0.15, 0.2) is 45.9 Å². The number of nitrogens with one attached hydrogen (secondary N) is 1. The number of allylic oxidation sites excluding steroid dienone is 1. The highest BCUT2D eigenvalue weighted by molar-refractivity contribution is 6.06. The minimum absolute atomic E-state index is 0.0440. The van der Waals surface area contributed by atoms with E-state index in [-0.39, 0.29) is 30.2 Å². The van der Waals surface area contributed by atoms with Crippen LogP contribution in [0.1, 0.15) is 25.8 Å². The summed E-state index contributed by atoms with van der Waals surface area (Å²) in [6.07, 6.45) is 1.57. The summed E-state index contributed by atoms with van der Waals surface area (Å²) in [7, 11) is 0. The second kappa shape index (κ2) is 8.56. The zero-order valence-corrected chi connectivity index (χ0v) is 12.4. The largest absolute Gasteiger partial charge is 0.504 e. The molecule has 0 atom stereocenters. The number of amides is 1. The molecule has 118 valence electrons. The molecule has 0 saturated carbocycles. The Labute approximate surface area is 127 Å². The average molecular weight is 307 g/mol. The molecule has 0 aliphatic heterocycles. The van der Waals surface area contributed by atoms with Crippen LogP contribution >= 0.6 is 0 Å². The molecule has 0 fully saturated rings. The molecule has 0 aliphatic rings. The fourth-order valence-corrected chi connectivity index (χ4v) is 1.65. The molecule has 0 aromatic heterocycles. The zero-order valence-electron chi connectivity index (χ0n) is 12.4. The Bertz CT molecular complexity index is 607. The van der Waals surface area contributed by atoms with Crippen LogP contribution in [0, 0.1) is 5.82 Å². The third kappa shape index (κ3) is 4.69. The van der Waals surface area contributed by atoms with E-state index in [0.29, 0.717) is 5.56 Å². The van der Waals surface area contributed by atoms with Crippen molar-refractivity contribution < 1.29 is 19.5 Å². The van der Waals surface area contributed by atoms with Crippen LogP contribution < -0.4 is 5.32 Å². The minimum Gasteiger partial charge on any atom is -0.504 e. The van der Waals surface area contributed by atoms with Gasteiger partial charge in [0.2, 0.25) is 0 Å². The number of rotatable bonds is 6. The highest BCUT2D eigenvalue weighted by atomic mass is 19.1. The molecule has 0 unspecified atom stereocenters. The fourth-order valence-electron chi connectivity index (χ4n) is 1.65. The molecule has 6 nitrogen and oxygen atoms in total. The lowest BCUT2D eigenvalue weighted by atomic mass is 10.2. The van der Waals surface area contributed by atoms with Gasteiger partial charge in [0.1, 0.15) is 11.5 Å². The maximum absolute atomic E-state index is 12.8. The molecular formula is C15H18FN3O3. The number of aliphatic imine (C=N–C) groups is 1. The number of aliphatic hydroxyl groups excluding tert-OH is 1. The summed E-state index contributed by atoms with van der Waals surface area (Å²) in [5.41, 5.74) is 0.400. The summed E-state index contributed by atoms with van der Waals surface area (Å²) in [6.45, 7) is 3.39. The van der Waals surface area contributed by atoms with Crippen molar-refractivity contribution in [3.8, 4) is 0 Å². The van der Waals surface area contributed by atoms with Gasteiger partial charge < -0.3 is 15.6 Å². The van der Waals surface area contributed by atoms with Crippen LogP contribution in [-0.2, 0) is 11.3 Å². The first-order chi connectivity index (χ1) is 10.5. The van der Waals surface area contributed by atoms with Crippen molar-refractivity contribution in [3.63, 3.8) is 0 Å². The van der Waals surface area contributed by atoms with Crippen molar-refractivity contribution in [2.45, 2.75) is 26.8 Å². The lowest BCUT2D eigenvalue weighted by molar-refractivity contribution is -0.117. The van der Waals surface area contributed by atoms with E-state index in [2.05, 4.69) is 15.5 Å². The minimum atomic E-state index is -0.630. The van der Waals surface area contributed by atoms with E-state index in [4.69, 9.17) is 5.21 Å². The van der Waals surface area contributed by atoms with Gasteiger partial charge in [-0.15, -0.1) is 0 Å². The van der Waals surface area contributed by atoms with Crippen molar-refractivity contribution in [3.05, 3.63) is 47.1 Å². The summed E-state index contributed by atoms with van der Waals surface area (Å²) in [5.74, 6) is -1.48. The van der Waals surface area contributed by atoms with Gasteiger partial charge >= 0.3 is 0 Å². The topological polar surface area (TPSA) is 94.3 Å². The number of carbonyl (C=O) groups excluding carboxylic acids is 1. The zero-order chi connectivity index (χ0) is 16.5. The molecule has 0 spiro atoms. The first-order valence-electron chi connectivity index (χ1n) is 6.69. The maximum Gasteiger partial charge on any atom is 0.274 e. The molecule has 7 heteroatoms. The molecule has 22 heavy (non-hydrogen) atoms. The Hall–Kier alpha value is -2.70. The van der Waals surface area contributed by atoms with Gasteiger partial charge in [0.25, 0.3) is 5.91 Å². The number of nitrogens with zero attached hydrogens (tertiary/aromatic N) is 2. The number of carbonyl (C=O) groups is 1. The summed E-state index contributed by atoms with van der Waals surface area (Å²) in [4.78, 5) is 15.9. The molecule has 3 N–H and O–H groups in total.